The van der Waals surface area contributed by atoms with Crippen LogP contribution in [-0.4, -0.2) is 37.2 Å². The van der Waals surface area contributed by atoms with Gasteiger partial charge in [-0.25, -0.2) is 0 Å². The molecule has 1 saturated carbocycles. The average molecular weight is 423 g/mol. The minimum absolute atomic E-state index is 0.122. The van der Waals surface area contributed by atoms with Crippen molar-refractivity contribution in [2.24, 2.45) is 5.41 Å². The van der Waals surface area contributed by atoms with Crippen molar-refractivity contribution < 1.29 is 9.59 Å². The number of fused-ring (bicyclic) bond motifs is 4. The normalized spacial score (nSPS) is 22.8. The van der Waals surface area contributed by atoms with Crippen molar-refractivity contribution in [2.75, 3.05) is 29.4 Å². The van der Waals surface area contributed by atoms with Gasteiger partial charge in [0.15, 0.2) is 0 Å². The maximum absolute atomic E-state index is 13.4. The van der Waals surface area contributed by atoms with E-state index in [2.05, 4.69) is 41.8 Å². The lowest BCUT2D eigenvalue weighted by Crippen LogP contribution is -2.68. The van der Waals surface area contributed by atoms with E-state index in [-0.39, 0.29) is 17.6 Å². The fourth-order valence-electron chi connectivity index (χ4n) is 5.74. The van der Waals surface area contributed by atoms with Gasteiger partial charge < -0.3 is 9.80 Å². The molecule has 0 radical (unpaired) electrons. The van der Waals surface area contributed by atoms with Crippen molar-refractivity contribution in [1.29, 1.82) is 0 Å². The molecule has 2 aromatic carbocycles. The van der Waals surface area contributed by atoms with E-state index < -0.39 is 5.41 Å². The molecule has 156 valence electrons. The summed E-state index contributed by atoms with van der Waals surface area (Å²) in [7, 11) is 0. The van der Waals surface area contributed by atoms with E-state index in [1.54, 1.807) is 0 Å². The van der Waals surface area contributed by atoms with Crippen molar-refractivity contribution >= 4 is 34.5 Å². The van der Waals surface area contributed by atoms with Crippen molar-refractivity contribution in [2.45, 2.75) is 45.6 Å². The van der Waals surface area contributed by atoms with Gasteiger partial charge in [-0.2, -0.15) is 0 Å². The van der Waals surface area contributed by atoms with Crippen molar-refractivity contribution in [3.63, 3.8) is 0 Å². The van der Waals surface area contributed by atoms with Crippen LogP contribution in [0.3, 0.4) is 0 Å². The summed E-state index contributed by atoms with van der Waals surface area (Å²) in [6.07, 6.45) is 2.18. The first-order chi connectivity index (χ1) is 14.4. The van der Waals surface area contributed by atoms with Gasteiger partial charge in [0.25, 0.3) is 0 Å². The van der Waals surface area contributed by atoms with Crippen LogP contribution in [0.2, 0.25) is 5.02 Å². The number of nitrogens with zero attached hydrogens (tertiary/aromatic N) is 2. The van der Waals surface area contributed by atoms with Crippen LogP contribution in [0.25, 0.3) is 0 Å². The summed E-state index contributed by atoms with van der Waals surface area (Å²) in [5.41, 5.74) is 4.95. The zero-order valence-electron chi connectivity index (χ0n) is 17.6. The molecule has 30 heavy (non-hydrogen) atoms. The smallest absolute Gasteiger partial charge is 0.148 e. The Morgan fingerprint density at radius 3 is 2.53 bits per heavy atom. The molecule has 1 unspecified atom stereocenters. The molecule has 5 heteroatoms. The van der Waals surface area contributed by atoms with Gasteiger partial charge in [0, 0.05) is 48.9 Å². The highest BCUT2D eigenvalue weighted by atomic mass is 35.5. The average Bonchev–Trinajstić information content (AvgIpc) is 2.74. The molecular formula is C25H27ClN2O2. The van der Waals surface area contributed by atoms with Gasteiger partial charge in [0.2, 0.25) is 0 Å². The van der Waals surface area contributed by atoms with Gasteiger partial charge in [-0.3, -0.25) is 9.59 Å². The first-order valence-electron chi connectivity index (χ1n) is 10.8. The van der Waals surface area contributed by atoms with Crippen LogP contribution in [0.15, 0.2) is 36.4 Å². The van der Waals surface area contributed by atoms with E-state index in [0.717, 1.165) is 24.3 Å². The van der Waals surface area contributed by atoms with Crippen LogP contribution in [0.1, 0.15) is 36.0 Å². The van der Waals surface area contributed by atoms with Crippen LogP contribution < -0.4 is 9.80 Å². The fourth-order valence-corrected chi connectivity index (χ4v) is 5.91. The molecule has 0 N–H and O–H groups in total. The second kappa shape index (κ2) is 7.12. The standard InChI is InChI=1S/C25H27ClN2O2/c1-16-5-3-6-20(17(16)2)27-11-12-28-21-13-19(26)10-9-18(21)14-25(22(28)15-27)23(29)7-4-8-24(25)30/h3,5-6,9-10,13,22H,4,7-8,11-12,14-15H2,1-2H3. The van der Waals surface area contributed by atoms with Gasteiger partial charge in [-0.15, -0.1) is 0 Å². The van der Waals surface area contributed by atoms with Crippen molar-refractivity contribution in [3.8, 4) is 0 Å². The Balaban J connectivity index is 1.62. The minimum atomic E-state index is -0.935. The number of hydrogen-bond acceptors (Lipinski definition) is 4. The second-order valence-electron chi connectivity index (χ2n) is 9.00. The van der Waals surface area contributed by atoms with Gasteiger partial charge in [-0.1, -0.05) is 29.8 Å². The number of Topliss-reactive ketones (excluding diaryl/α,β-unsaturated/α-hetero) is 2. The molecule has 4 nitrogen and oxygen atoms in total. The number of anilines is 2. The van der Waals surface area contributed by atoms with Crippen LogP contribution in [0.4, 0.5) is 11.4 Å². The Kier molecular flexibility index (Phi) is 4.66. The maximum atomic E-state index is 13.4. The maximum Gasteiger partial charge on any atom is 0.148 e. The van der Waals surface area contributed by atoms with Gasteiger partial charge >= 0.3 is 0 Å². The van der Waals surface area contributed by atoms with E-state index in [0.29, 0.717) is 37.3 Å². The molecule has 5 rings (SSSR count). The lowest BCUT2D eigenvalue weighted by atomic mass is 9.61. The first-order valence-corrected chi connectivity index (χ1v) is 11.2. The fraction of sp³-hybridized carbons (Fsp3) is 0.440. The molecule has 1 spiro atoms. The van der Waals surface area contributed by atoms with E-state index in [9.17, 15) is 9.59 Å². The molecule has 1 atom stereocenters. The van der Waals surface area contributed by atoms with Crippen LogP contribution >= 0.6 is 11.6 Å². The summed E-state index contributed by atoms with van der Waals surface area (Å²) in [6, 6.07) is 12.1. The predicted octanol–water partition coefficient (Wildman–Crippen LogP) is 4.52. The van der Waals surface area contributed by atoms with Gasteiger partial charge in [0.1, 0.15) is 17.0 Å². The number of hydrogen-bond donors (Lipinski definition) is 0. The summed E-state index contributed by atoms with van der Waals surface area (Å²) in [4.78, 5) is 31.4. The molecule has 1 saturated heterocycles. The third kappa shape index (κ3) is 2.80. The molecule has 2 fully saturated rings. The number of benzene rings is 2. The third-order valence-corrected chi connectivity index (χ3v) is 7.73. The monoisotopic (exact) mass is 422 g/mol. The molecule has 0 amide bonds. The highest BCUT2D eigenvalue weighted by molar-refractivity contribution is 6.31. The quantitative estimate of drug-likeness (QED) is 0.634. The molecule has 2 aromatic rings. The van der Waals surface area contributed by atoms with Crippen LogP contribution in [0, 0.1) is 19.3 Å². The van der Waals surface area contributed by atoms with Gasteiger partial charge in [-0.05, 0) is 61.6 Å². The Hall–Kier alpha value is -2.33. The van der Waals surface area contributed by atoms with Gasteiger partial charge in [0.05, 0.1) is 6.04 Å². The number of ketones is 2. The Morgan fingerprint density at radius 2 is 1.77 bits per heavy atom. The molecule has 2 aliphatic heterocycles. The predicted molar refractivity (Wildman–Crippen MR) is 121 cm³/mol. The number of halogens is 1. The van der Waals surface area contributed by atoms with Crippen molar-refractivity contribution in [1.82, 2.24) is 0 Å². The largest absolute Gasteiger partial charge is 0.367 e. The van der Waals surface area contributed by atoms with Crippen molar-refractivity contribution in [3.05, 3.63) is 58.1 Å². The lowest BCUT2D eigenvalue weighted by molar-refractivity contribution is -0.146. The zero-order chi connectivity index (χ0) is 21.0. The van der Waals surface area contributed by atoms with E-state index >= 15 is 0 Å². The third-order valence-electron chi connectivity index (χ3n) is 7.49. The molecule has 1 aliphatic carbocycles. The minimum Gasteiger partial charge on any atom is -0.367 e. The first kappa shape index (κ1) is 19.6. The number of carbonyl (C=O) groups excluding carboxylic acids is 2. The van der Waals surface area contributed by atoms with Crippen LogP contribution in [0.5, 0.6) is 0 Å². The Labute approximate surface area is 182 Å². The molecule has 0 bridgehead atoms. The summed E-state index contributed by atoms with van der Waals surface area (Å²) >= 11 is 6.33. The number of carbonyl (C=O) groups is 2. The summed E-state index contributed by atoms with van der Waals surface area (Å²) in [6.45, 7) is 6.58. The molecule has 3 aliphatic rings. The molecule has 0 aromatic heterocycles. The summed E-state index contributed by atoms with van der Waals surface area (Å²) in [5, 5.41) is 0.696. The SMILES string of the molecule is Cc1cccc(N2CCN3c4cc(Cl)ccc4CC4(C(=O)CCCC4=O)C3C2)c1C. The number of rotatable bonds is 1. The summed E-state index contributed by atoms with van der Waals surface area (Å²) < 4.78 is 0. The summed E-state index contributed by atoms with van der Waals surface area (Å²) in [5.74, 6) is 0.245. The number of aryl methyl sites for hydroxylation is 1. The Bertz CT molecular complexity index is 1030. The highest BCUT2D eigenvalue weighted by Gasteiger charge is 2.58. The number of piperazine rings is 1. The Morgan fingerprint density at radius 1 is 1.00 bits per heavy atom. The second-order valence-corrected chi connectivity index (χ2v) is 9.43. The van der Waals surface area contributed by atoms with Crippen LogP contribution in [-0.2, 0) is 16.0 Å². The highest BCUT2D eigenvalue weighted by Crippen LogP contribution is 2.48. The van der Waals surface area contributed by atoms with E-state index in [1.807, 2.05) is 18.2 Å². The topological polar surface area (TPSA) is 40.6 Å². The van der Waals surface area contributed by atoms with E-state index in [1.165, 1.54) is 16.8 Å². The zero-order valence-corrected chi connectivity index (χ0v) is 18.3. The lowest BCUT2D eigenvalue weighted by Gasteiger charge is -2.55. The van der Waals surface area contributed by atoms with E-state index in [4.69, 9.17) is 11.6 Å². The molecule has 2 heterocycles. The molecular weight excluding hydrogens is 396 g/mol.